The lowest BCUT2D eigenvalue weighted by molar-refractivity contribution is 0.167. The van der Waals surface area contributed by atoms with Crippen LogP contribution < -0.4 is 5.32 Å². The van der Waals surface area contributed by atoms with Crippen LogP contribution in [-0.2, 0) is 11.2 Å². The first-order valence-electron chi connectivity index (χ1n) is 6.61. The molecular formula is C15H20BrNO. The number of allylic oxidation sites excluding steroid dienone is 1. The number of halogens is 1. The number of nitrogens with one attached hydrogen (secondary N) is 1. The summed E-state index contributed by atoms with van der Waals surface area (Å²) in [6.07, 6.45) is 5.46. The molecule has 1 aromatic rings. The molecule has 0 bridgehead atoms. The smallest absolute Gasteiger partial charge is 0.109 e. The highest BCUT2D eigenvalue weighted by atomic mass is 79.9. The third-order valence-corrected chi connectivity index (χ3v) is 3.91. The molecule has 1 aromatic carbocycles. The van der Waals surface area contributed by atoms with Gasteiger partial charge < -0.3 is 10.1 Å². The van der Waals surface area contributed by atoms with Crippen molar-refractivity contribution >= 4 is 15.9 Å². The first kappa shape index (κ1) is 13.6. The largest absolute Gasteiger partial charge is 0.497 e. The van der Waals surface area contributed by atoms with Crippen molar-refractivity contribution < 1.29 is 4.74 Å². The summed E-state index contributed by atoms with van der Waals surface area (Å²) in [5, 5.41) is 3.51. The second kappa shape index (κ2) is 6.95. The molecule has 1 N–H and O–H groups in total. The third kappa shape index (κ3) is 3.59. The van der Waals surface area contributed by atoms with Gasteiger partial charge in [-0.3, -0.25) is 0 Å². The normalized spacial score (nSPS) is 16.9. The topological polar surface area (TPSA) is 21.3 Å². The minimum absolute atomic E-state index is 0.286. The highest BCUT2D eigenvalue weighted by molar-refractivity contribution is 9.10. The average Bonchev–Trinajstić information content (AvgIpc) is 2.42. The molecule has 1 atom stereocenters. The van der Waals surface area contributed by atoms with Gasteiger partial charge in [0.1, 0.15) is 5.76 Å². The zero-order valence-corrected chi connectivity index (χ0v) is 12.4. The Labute approximate surface area is 118 Å². The molecule has 1 aliphatic rings. The lowest BCUT2D eigenvalue weighted by atomic mass is 10.0. The number of ether oxygens (including phenoxy) is 1. The fourth-order valence-electron chi connectivity index (χ4n) is 2.22. The highest BCUT2D eigenvalue weighted by Crippen LogP contribution is 2.22. The van der Waals surface area contributed by atoms with E-state index in [1.54, 1.807) is 0 Å². The zero-order chi connectivity index (χ0) is 12.8. The van der Waals surface area contributed by atoms with Gasteiger partial charge in [-0.25, -0.2) is 0 Å². The van der Waals surface area contributed by atoms with Crippen molar-refractivity contribution in [3.05, 3.63) is 46.1 Å². The van der Waals surface area contributed by atoms with Gasteiger partial charge in [0, 0.05) is 4.47 Å². The van der Waals surface area contributed by atoms with Crippen molar-refractivity contribution in [2.45, 2.75) is 32.2 Å². The predicted octanol–water partition coefficient (Wildman–Crippen LogP) is 3.66. The Balaban J connectivity index is 2.11. The molecule has 2 rings (SSSR count). The molecule has 1 heterocycles. The lowest BCUT2D eigenvalue weighted by Gasteiger charge is -2.25. The Kier molecular flexibility index (Phi) is 5.26. The van der Waals surface area contributed by atoms with Crippen molar-refractivity contribution in [1.82, 2.24) is 5.32 Å². The van der Waals surface area contributed by atoms with E-state index in [0.717, 1.165) is 38.2 Å². The first-order valence-corrected chi connectivity index (χ1v) is 7.40. The van der Waals surface area contributed by atoms with Crippen molar-refractivity contribution in [3.63, 3.8) is 0 Å². The molecule has 0 aromatic heterocycles. The molecule has 2 nitrogen and oxygen atoms in total. The summed E-state index contributed by atoms with van der Waals surface area (Å²) in [6.45, 7) is 3.94. The van der Waals surface area contributed by atoms with Crippen LogP contribution in [0, 0.1) is 0 Å². The van der Waals surface area contributed by atoms with Gasteiger partial charge in [-0.1, -0.05) is 41.1 Å². The minimum atomic E-state index is 0.286. The molecular weight excluding hydrogens is 290 g/mol. The second-order valence-corrected chi connectivity index (χ2v) is 5.36. The van der Waals surface area contributed by atoms with Gasteiger partial charge in [0.25, 0.3) is 0 Å². The number of hydrogen-bond acceptors (Lipinski definition) is 2. The van der Waals surface area contributed by atoms with Gasteiger partial charge in [0.2, 0.25) is 0 Å². The first-order chi connectivity index (χ1) is 8.81. The number of rotatable bonds is 5. The standard InChI is InChI=1S/C15H20BrNO/c1-2-17-14(15-9-5-6-10-18-15)11-12-7-3-4-8-13(12)16/h3-4,7-9,14,17H,2,5-6,10-11H2,1H3. The summed E-state index contributed by atoms with van der Waals surface area (Å²) in [6, 6.07) is 8.67. The molecule has 0 saturated carbocycles. The van der Waals surface area contributed by atoms with Crippen LogP contribution in [0.4, 0.5) is 0 Å². The van der Waals surface area contributed by atoms with E-state index in [0.29, 0.717) is 0 Å². The number of hydrogen-bond donors (Lipinski definition) is 1. The van der Waals surface area contributed by atoms with Crippen LogP contribution in [0.25, 0.3) is 0 Å². The van der Waals surface area contributed by atoms with Crippen molar-refractivity contribution in [3.8, 4) is 0 Å². The van der Waals surface area contributed by atoms with E-state index in [1.165, 1.54) is 10.0 Å². The molecule has 0 saturated heterocycles. The van der Waals surface area contributed by atoms with Crippen molar-refractivity contribution in [2.24, 2.45) is 0 Å². The van der Waals surface area contributed by atoms with Gasteiger partial charge in [-0.15, -0.1) is 0 Å². The Bertz CT molecular complexity index is 417. The summed E-state index contributed by atoms with van der Waals surface area (Å²) in [5.74, 6) is 1.11. The van der Waals surface area contributed by atoms with E-state index in [2.05, 4.69) is 52.4 Å². The molecule has 0 aliphatic carbocycles. The van der Waals surface area contributed by atoms with E-state index in [4.69, 9.17) is 4.74 Å². The highest BCUT2D eigenvalue weighted by Gasteiger charge is 2.18. The molecule has 0 amide bonds. The van der Waals surface area contributed by atoms with Gasteiger partial charge in [-0.2, -0.15) is 0 Å². The summed E-state index contributed by atoms with van der Waals surface area (Å²) < 4.78 is 6.96. The average molecular weight is 310 g/mol. The van der Waals surface area contributed by atoms with E-state index < -0.39 is 0 Å². The molecule has 98 valence electrons. The van der Waals surface area contributed by atoms with E-state index >= 15 is 0 Å². The van der Waals surface area contributed by atoms with Crippen LogP contribution in [0.1, 0.15) is 25.3 Å². The fourth-order valence-corrected chi connectivity index (χ4v) is 2.67. The van der Waals surface area contributed by atoms with Crippen LogP contribution in [0.3, 0.4) is 0 Å². The molecule has 1 aliphatic heterocycles. The van der Waals surface area contributed by atoms with Crippen LogP contribution in [-0.4, -0.2) is 19.2 Å². The Morgan fingerprint density at radius 3 is 2.89 bits per heavy atom. The predicted molar refractivity (Wildman–Crippen MR) is 78.6 cm³/mol. The molecule has 0 fully saturated rings. The lowest BCUT2D eigenvalue weighted by Crippen LogP contribution is -2.34. The van der Waals surface area contributed by atoms with Gasteiger partial charge in [0.05, 0.1) is 12.6 Å². The summed E-state index contributed by atoms with van der Waals surface area (Å²) >= 11 is 3.61. The summed E-state index contributed by atoms with van der Waals surface area (Å²) in [5.41, 5.74) is 1.32. The molecule has 0 spiro atoms. The van der Waals surface area contributed by atoms with E-state index in [9.17, 15) is 0 Å². The maximum absolute atomic E-state index is 5.79. The molecule has 0 radical (unpaired) electrons. The van der Waals surface area contributed by atoms with Crippen LogP contribution >= 0.6 is 15.9 Å². The SMILES string of the molecule is CCNC(Cc1ccccc1Br)C1=CCCCO1. The zero-order valence-electron chi connectivity index (χ0n) is 10.8. The second-order valence-electron chi connectivity index (χ2n) is 4.50. The van der Waals surface area contributed by atoms with E-state index in [-0.39, 0.29) is 6.04 Å². The Morgan fingerprint density at radius 2 is 2.22 bits per heavy atom. The fraction of sp³-hybridized carbons (Fsp3) is 0.467. The van der Waals surface area contributed by atoms with Crippen molar-refractivity contribution in [1.29, 1.82) is 0 Å². The van der Waals surface area contributed by atoms with Crippen LogP contribution in [0.2, 0.25) is 0 Å². The third-order valence-electron chi connectivity index (χ3n) is 3.14. The Hall–Kier alpha value is -0.800. The number of likely N-dealkylation sites (N-methyl/N-ethyl adjacent to an activating group) is 1. The maximum Gasteiger partial charge on any atom is 0.109 e. The monoisotopic (exact) mass is 309 g/mol. The summed E-state index contributed by atoms with van der Waals surface area (Å²) in [7, 11) is 0. The number of benzene rings is 1. The van der Waals surface area contributed by atoms with Gasteiger partial charge in [-0.05, 0) is 43.5 Å². The van der Waals surface area contributed by atoms with Crippen LogP contribution in [0.5, 0.6) is 0 Å². The van der Waals surface area contributed by atoms with Gasteiger partial charge >= 0.3 is 0 Å². The van der Waals surface area contributed by atoms with E-state index in [1.807, 2.05) is 6.07 Å². The Morgan fingerprint density at radius 1 is 1.39 bits per heavy atom. The summed E-state index contributed by atoms with van der Waals surface area (Å²) in [4.78, 5) is 0. The van der Waals surface area contributed by atoms with Crippen molar-refractivity contribution in [2.75, 3.05) is 13.2 Å². The molecule has 3 heteroatoms. The molecule has 1 unspecified atom stereocenters. The maximum atomic E-state index is 5.79. The van der Waals surface area contributed by atoms with Crippen LogP contribution in [0.15, 0.2) is 40.6 Å². The molecule has 18 heavy (non-hydrogen) atoms. The quantitative estimate of drug-likeness (QED) is 0.896. The van der Waals surface area contributed by atoms with Gasteiger partial charge in [0.15, 0.2) is 0 Å². The minimum Gasteiger partial charge on any atom is -0.497 e.